The second-order valence-electron chi connectivity index (χ2n) is 6.11. The summed E-state index contributed by atoms with van der Waals surface area (Å²) in [4.78, 5) is 49.0. The highest BCUT2D eigenvalue weighted by Crippen LogP contribution is 2.34. The number of amides is 2. The Balaban J connectivity index is 1.82. The number of imide groups is 1. The highest BCUT2D eigenvalue weighted by molar-refractivity contribution is 6.06. The maximum Gasteiger partial charge on any atom is 0.308 e. The van der Waals surface area contributed by atoms with Gasteiger partial charge in [-0.05, 0) is 19.8 Å². The van der Waals surface area contributed by atoms with Crippen molar-refractivity contribution in [2.75, 3.05) is 13.2 Å². The molecular formula is C17H19N3O5. The lowest BCUT2D eigenvalue weighted by atomic mass is 9.85. The van der Waals surface area contributed by atoms with E-state index in [9.17, 15) is 19.2 Å². The molecular weight excluding hydrogens is 326 g/mol. The average molecular weight is 345 g/mol. The Hall–Kier alpha value is -2.82. The largest absolute Gasteiger partial charge is 0.458 e. The van der Waals surface area contributed by atoms with Crippen molar-refractivity contribution in [3.8, 4) is 6.07 Å². The van der Waals surface area contributed by atoms with Crippen LogP contribution in [0, 0.1) is 34.5 Å². The highest BCUT2D eigenvalue weighted by Gasteiger charge is 2.46. The van der Waals surface area contributed by atoms with Crippen LogP contribution in [-0.4, -0.2) is 47.3 Å². The third-order valence-corrected chi connectivity index (χ3v) is 4.40. The molecule has 2 rings (SSSR count). The van der Waals surface area contributed by atoms with Crippen molar-refractivity contribution in [2.24, 2.45) is 17.8 Å². The molecule has 25 heavy (non-hydrogen) atoms. The van der Waals surface area contributed by atoms with Crippen LogP contribution in [0.25, 0.3) is 0 Å². The molecule has 0 aromatic carbocycles. The molecule has 8 nitrogen and oxygen atoms in total. The fraction of sp³-hybridized carbons (Fsp3) is 0.529. The highest BCUT2D eigenvalue weighted by atomic mass is 16.5. The summed E-state index contributed by atoms with van der Waals surface area (Å²) in [6, 6.07) is 1.67. The van der Waals surface area contributed by atoms with E-state index in [1.165, 1.54) is 6.92 Å². The molecule has 0 spiro atoms. The van der Waals surface area contributed by atoms with Gasteiger partial charge in [-0.2, -0.15) is 5.26 Å². The number of likely N-dealkylation sites (tertiary alicyclic amines) is 1. The number of nitriles is 1. The molecule has 0 bridgehead atoms. The molecule has 2 amide bonds. The Morgan fingerprint density at radius 1 is 1.32 bits per heavy atom. The number of carbonyl (C=O) groups is 4. The smallest absolute Gasteiger partial charge is 0.308 e. The van der Waals surface area contributed by atoms with Gasteiger partial charge >= 0.3 is 5.97 Å². The van der Waals surface area contributed by atoms with Gasteiger partial charge in [-0.3, -0.25) is 24.1 Å². The molecule has 8 heteroatoms. The number of rotatable bonds is 7. The van der Waals surface area contributed by atoms with Crippen molar-refractivity contribution >= 4 is 29.3 Å². The zero-order valence-electron chi connectivity index (χ0n) is 13.9. The molecule has 1 aliphatic heterocycles. The van der Waals surface area contributed by atoms with Crippen LogP contribution in [0.4, 0.5) is 0 Å². The molecule has 0 aromatic rings. The minimum absolute atomic E-state index is 0.0804. The molecule has 1 aliphatic carbocycles. The lowest BCUT2D eigenvalue weighted by Crippen LogP contribution is -2.34. The van der Waals surface area contributed by atoms with E-state index in [1.54, 1.807) is 6.07 Å². The summed E-state index contributed by atoms with van der Waals surface area (Å²) in [5.74, 6) is -3.87. The van der Waals surface area contributed by atoms with Gasteiger partial charge in [0.05, 0.1) is 24.3 Å². The van der Waals surface area contributed by atoms with E-state index < -0.39 is 24.3 Å². The molecule has 0 radical (unpaired) electrons. The summed E-state index contributed by atoms with van der Waals surface area (Å²) >= 11 is 0. The van der Waals surface area contributed by atoms with Crippen LogP contribution in [0.5, 0.6) is 0 Å². The van der Waals surface area contributed by atoms with Crippen LogP contribution in [0.1, 0.15) is 26.2 Å². The minimum atomic E-state index is -1.23. The molecule has 2 aliphatic rings. The lowest BCUT2D eigenvalue weighted by molar-refractivity contribution is -0.149. The van der Waals surface area contributed by atoms with Gasteiger partial charge in [0.1, 0.15) is 5.92 Å². The maximum absolute atomic E-state index is 12.2. The number of nitrogens with one attached hydrogen (secondary N) is 1. The number of Topliss-reactive ketones (excluding diaryl/α,β-unsaturated/α-hetero) is 1. The van der Waals surface area contributed by atoms with Crippen LogP contribution in [0.2, 0.25) is 0 Å². The number of fused-ring (bicyclic) bond motifs is 1. The zero-order valence-corrected chi connectivity index (χ0v) is 13.9. The maximum atomic E-state index is 12.2. The summed E-state index contributed by atoms with van der Waals surface area (Å²) < 4.78 is 4.79. The predicted octanol–water partition coefficient (Wildman–Crippen LogP) is 0.619. The number of carbonyl (C=O) groups excluding carboxylic acids is 4. The monoisotopic (exact) mass is 345 g/mol. The van der Waals surface area contributed by atoms with E-state index in [0.29, 0.717) is 12.8 Å². The van der Waals surface area contributed by atoms with Crippen molar-refractivity contribution in [1.29, 1.82) is 10.7 Å². The average Bonchev–Trinajstić information content (AvgIpc) is 2.83. The lowest BCUT2D eigenvalue weighted by Gasteiger charge is -2.14. The van der Waals surface area contributed by atoms with E-state index in [4.69, 9.17) is 15.4 Å². The molecule has 1 N–H and O–H groups in total. The first-order valence-electron chi connectivity index (χ1n) is 8.00. The molecule has 1 saturated heterocycles. The van der Waals surface area contributed by atoms with Gasteiger partial charge in [0, 0.05) is 12.3 Å². The standard InChI is InChI=1S/C17H19N3O5/c1-10(19)13(8-18)14(21)9-25-15(22)6-7-20-16(23)11-4-2-3-5-12(11)17(20)24/h2-3,11-13,19H,4-7,9H2,1H3/t11-,12+,13?. The molecule has 0 saturated carbocycles. The number of hydrogen-bond donors (Lipinski definition) is 1. The Kier molecular flexibility index (Phi) is 5.80. The summed E-state index contributed by atoms with van der Waals surface area (Å²) in [5.41, 5.74) is -0.118. The van der Waals surface area contributed by atoms with Gasteiger partial charge in [-0.15, -0.1) is 0 Å². The molecule has 1 unspecified atom stereocenters. The number of ketones is 1. The zero-order chi connectivity index (χ0) is 18.6. The Morgan fingerprint density at radius 2 is 1.88 bits per heavy atom. The van der Waals surface area contributed by atoms with E-state index in [1.807, 2.05) is 12.2 Å². The molecule has 3 atom stereocenters. The van der Waals surface area contributed by atoms with Crippen molar-refractivity contribution in [2.45, 2.75) is 26.2 Å². The van der Waals surface area contributed by atoms with E-state index in [-0.39, 0.29) is 42.3 Å². The number of hydrogen-bond acceptors (Lipinski definition) is 7. The first-order valence-corrected chi connectivity index (χ1v) is 8.00. The first-order chi connectivity index (χ1) is 11.9. The second-order valence-corrected chi connectivity index (χ2v) is 6.11. The van der Waals surface area contributed by atoms with Gasteiger partial charge in [-0.25, -0.2) is 0 Å². The van der Waals surface area contributed by atoms with Crippen LogP contribution in [-0.2, 0) is 23.9 Å². The third kappa shape index (κ3) is 3.99. The Labute approximate surface area is 144 Å². The van der Waals surface area contributed by atoms with E-state index in [0.717, 1.165) is 4.90 Å². The quantitative estimate of drug-likeness (QED) is 0.312. The van der Waals surface area contributed by atoms with Crippen molar-refractivity contribution in [3.05, 3.63) is 12.2 Å². The number of nitrogens with zero attached hydrogens (tertiary/aromatic N) is 2. The van der Waals surface area contributed by atoms with Crippen molar-refractivity contribution < 1.29 is 23.9 Å². The van der Waals surface area contributed by atoms with Crippen LogP contribution in [0.3, 0.4) is 0 Å². The number of allylic oxidation sites excluding steroid dienone is 2. The van der Waals surface area contributed by atoms with Gasteiger partial charge in [-0.1, -0.05) is 12.2 Å². The topological polar surface area (TPSA) is 128 Å². The number of ether oxygens (including phenoxy) is 1. The van der Waals surface area contributed by atoms with Gasteiger partial charge in [0.15, 0.2) is 12.4 Å². The Morgan fingerprint density at radius 3 is 2.36 bits per heavy atom. The van der Waals surface area contributed by atoms with Crippen LogP contribution in [0.15, 0.2) is 12.2 Å². The van der Waals surface area contributed by atoms with Gasteiger partial charge in [0.25, 0.3) is 0 Å². The van der Waals surface area contributed by atoms with Gasteiger partial charge in [0.2, 0.25) is 11.8 Å². The summed E-state index contributed by atoms with van der Waals surface area (Å²) in [7, 11) is 0. The molecule has 1 fully saturated rings. The van der Waals surface area contributed by atoms with E-state index in [2.05, 4.69) is 0 Å². The fourth-order valence-corrected chi connectivity index (χ4v) is 3.01. The molecule has 1 heterocycles. The van der Waals surface area contributed by atoms with Gasteiger partial charge < -0.3 is 10.1 Å². The summed E-state index contributed by atoms with van der Waals surface area (Å²) in [6.07, 6.45) is 4.62. The third-order valence-electron chi connectivity index (χ3n) is 4.40. The minimum Gasteiger partial charge on any atom is -0.458 e. The summed E-state index contributed by atoms with van der Waals surface area (Å²) in [6.45, 7) is 0.639. The fourth-order valence-electron chi connectivity index (χ4n) is 3.01. The summed E-state index contributed by atoms with van der Waals surface area (Å²) in [5, 5.41) is 16.1. The Bertz CT molecular complexity index is 665. The second kappa shape index (κ2) is 7.83. The van der Waals surface area contributed by atoms with Crippen LogP contribution >= 0.6 is 0 Å². The van der Waals surface area contributed by atoms with Crippen molar-refractivity contribution in [1.82, 2.24) is 4.90 Å². The normalized spacial score (nSPS) is 23.0. The molecule has 0 aromatic heterocycles. The predicted molar refractivity (Wildman–Crippen MR) is 85.2 cm³/mol. The SMILES string of the molecule is CC(=N)C(C#N)C(=O)COC(=O)CCN1C(=O)[C@H]2CC=CC[C@H]2C1=O. The molecule has 132 valence electrons. The van der Waals surface area contributed by atoms with E-state index >= 15 is 0 Å². The number of esters is 1. The van der Waals surface area contributed by atoms with Crippen LogP contribution < -0.4 is 0 Å². The first kappa shape index (κ1) is 18.5. The van der Waals surface area contributed by atoms with Crippen molar-refractivity contribution in [3.63, 3.8) is 0 Å².